The zero-order valence-corrected chi connectivity index (χ0v) is 21.5. The molecule has 0 spiro atoms. The molecule has 0 aliphatic heterocycles. The number of pyridine rings is 1. The predicted molar refractivity (Wildman–Crippen MR) is 143 cm³/mol. The first-order chi connectivity index (χ1) is 16.1. The van der Waals surface area contributed by atoms with Gasteiger partial charge in [0.15, 0.2) is 6.20 Å². The highest BCUT2D eigenvalue weighted by atomic mass is 16.3. The van der Waals surface area contributed by atoms with Crippen molar-refractivity contribution >= 4 is 32.7 Å². The first-order valence-corrected chi connectivity index (χ1v) is 12.5. The van der Waals surface area contributed by atoms with E-state index in [1.807, 2.05) is 0 Å². The molecule has 1 aliphatic rings. The van der Waals surface area contributed by atoms with Crippen LogP contribution < -0.4 is 4.57 Å². The number of aryl methyl sites for hydroxylation is 3. The molecule has 0 atom stereocenters. The van der Waals surface area contributed by atoms with E-state index in [1.165, 1.54) is 67.9 Å². The summed E-state index contributed by atoms with van der Waals surface area (Å²) in [4.78, 5) is 0. The van der Waals surface area contributed by atoms with Crippen molar-refractivity contribution in [2.24, 2.45) is 7.05 Å². The minimum atomic E-state index is 0.154. The van der Waals surface area contributed by atoms with Crippen molar-refractivity contribution in [2.75, 3.05) is 0 Å². The lowest BCUT2D eigenvalue weighted by molar-refractivity contribution is -0.660. The molecule has 0 fully saturated rings. The number of nitrogens with zero attached hydrogens (tertiary/aromatic N) is 1. The summed E-state index contributed by atoms with van der Waals surface area (Å²) in [5, 5.41) is 5.05. The van der Waals surface area contributed by atoms with E-state index >= 15 is 0 Å². The van der Waals surface area contributed by atoms with Gasteiger partial charge in [-0.25, -0.2) is 4.57 Å². The topological polar surface area (TPSA) is 17.0 Å². The smallest absolute Gasteiger partial charge is 0.216 e. The number of rotatable bonds is 1. The van der Waals surface area contributed by atoms with Gasteiger partial charge in [-0.3, -0.25) is 0 Å². The summed E-state index contributed by atoms with van der Waals surface area (Å²) >= 11 is 0. The van der Waals surface area contributed by atoms with Crippen molar-refractivity contribution in [1.82, 2.24) is 0 Å². The Balaban J connectivity index is 1.70. The molecule has 0 bridgehead atoms. The molecule has 2 nitrogen and oxygen atoms in total. The molecule has 0 radical (unpaired) electrons. The van der Waals surface area contributed by atoms with Crippen molar-refractivity contribution in [3.63, 3.8) is 0 Å². The summed E-state index contributed by atoms with van der Waals surface area (Å²) in [5.41, 5.74) is 10.2. The highest BCUT2D eigenvalue weighted by molar-refractivity contribution is 6.13. The van der Waals surface area contributed by atoms with Crippen LogP contribution in [0.25, 0.3) is 44.0 Å². The van der Waals surface area contributed by atoms with Crippen LogP contribution >= 0.6 is 0 Å². The summed E-state index contributed by atoms with van der Waals surface area (Å²) in [7, 11) is 2.12. The molecule has 2 heterocycles. The molecule has 34 heavy (non-hydrogen) atoms. The van der Waals surface area contributed by atoms with Crippen molar-refractivity contribution in [1.29, 1.82) is 0 Å². The maximum Gasteiger partial charge on any atom is 0.216 e. The first kappa shape index (κ1) is 21.4. The van der Waals surface area contributed by atoms with Crippen molar-refractivity contribution in [3.05, 3.63) is 77.0 Å². The summed E-state index contributed by atoms with van der Waals surface area (Å²) in [5.74, 6) is 0. The van der Waals surface area contributed by atoms with E-state index in [-0.39, 0.29) is 10.8 Å². The maximum atomic E-state index is 6.71. The van der Waals surface area contributed by atoms with Gasteiger partial charge in [0.2, 0.25) is 5.69 Å². The fourth-order valence-electron chi connectivity index (χ4n) is 6.26. The summed E-state index contributed by atoms with van der Waals surface area (Å²) in [6.45, 7) is 13.9. The Labute approximate surface area is 202 Å². The molecular weight excluding hydrogens is 414 g/mol. The molecule has 2 aromatic heterocycles. The van der Waals surface area contributed by atoms with Gasteiger partial charge in [-0.1, -0.05) is 52.0 Å². The number of fused-ring (bicyclic) bond motifs is 6. The minimum absolute atomic E-state index is 0.154. The molecule has 172 valence electrons. The van der Waals surface area contributed by atoms with Crippen LogP contribution in [0.5, 0.6) is 0 Å². The molecule has 2 heteroatoms. The average Bonchev–Trinajstić information content (AvgIpc) is 3.13. The van der Waals surface area contributed by atoms with Gasteiger partial charge in [-0.2, -0.15) is 0 Å². The fourth-order valence-corrected chi connectivity index (χ4v) is 6.26. The summed E-state index contributed by atoms with van der Waals surface area (Å²) < 4.78 is 8.92. The van der Waals surface area contributed by atoms with E-state index < -0.39 is 0 Å². The maximum absolute atomic E-state index is 6.71. The van der Waals surface area contributed by atoms with Gasteiger partial charge < -0.3 is 4.42 Å². The minimum Gasteiger partial charge on any atom is -0.455 e. The van der Waals surface area contributed by atoms with Gasteiger partial charge in [0, 0.05) is 22.4 Å². The van der Waals surface area contributed by atoms with Gasteiger partial charge in [0.25, 0.3) is 0 Å². The number of aromatic nitrogens is 1. The molecule has 0 amide bonds. The quantitative estimate of drug-likeness (QED) is 0.236. The van der Waals surface area contributed by atoms with Gasteiger partial charge in [-0.15, -0.1) is 0 Å². The van der Waals surface area contributed by atoms with Gasteiger partial charge in [0.1, 0.15) is 18.2 Å². The second-order valence-corrected chi connectivity index (χ2v) is 11.8. The zero-order valence-electron chi connectivity index (χ0n) is 21.5. The highest BCUT2D eigenvalue weighted by Crippen LogP contribution is 2.49. The normalized spacial score (nSPS) is 16.9. The van der Waals surface area contributed by atoms with E-state index in [0.29, 0.717) is 0 Å². The third-order valence-electron chi connectivity index (χ3n) is 8.31. The molecule has 1 aliphatic carbocycles. The Morgan fingerprint density at radius 1 is 0.794 bits per heavy atom. The molecule has 0 N–H and O–H groups in total. The molecule has 0 unspecified atom stereocenters. The Bertz CT molecular complexity index is 1630. The van der Waals surface area contributed by atoms with Crippen LogP contribution in [0.15, 0.2) is 59.1 Å². The number of hydrogen-bond donors (Lipinski definition) is 0. The molecule has 5 aromatic rings. The standard InChI is InChI=1S/C32H34NO/c1-19-8-13-26(33(7)18-19)28-20(2)9-11-22-24-16-21-10-12-25-29(23(21)17-27(24)34-30(22)28)32(5,6)15-14-31(25,3)4/h8-13,16-18H,14-15H2,1-7H3/q+1. The summed E-state index contributed by atoms with van der Waals surface area (Å²) in [6, 6.07) is 18.2. The Hall–Kier alpha value is -3.13. The third-order valence-corrected chi connectivity index (χ3v) is 8.31. The van der Waals surface area contributed by atoms with E-state index in [2.05, 4.69) is 108 Å². The van der Waals surface area contributed by atoms with E-state index in [1.54, 1.807) is 0 Å². The molecule has 6 rings (SSSR count). The fraction of sp³-hybridized carbons (Fsp3) is 0.344. The summed E-state index contributed by atoms with van der Waals surface area (Å²) in [6.07, 6.45) is 4.61. The second kappa shape index (κ2) is 6.95. The Morgan fingerprint density at radius 3 is 2.32 bits per heavy atom. The first-order valence-electron chi connectivity index (χ1n) is 12.5. The van der Waals surface area contributed by atoms with Crippen LogP contribution in [0.2, 0.25) is 0 Å². The van der Waals surface area contributed by atoms with Crippen molar-refractivity contribution in [3.8, 4) is 11.3 Å². The molecular formula is C32H34NO+. The van der Waals surface area contributed by atoms with Gasteiger partial charge >= 0.3 is 0 Å². The second-order valence-electron chi connectivity index (χ2n) is 11.8. The highest BCUT2D eigenvalue weighted by Gasteiger charge is 2.38. The Kier molecular flexibility index (Phi) is 4.37. The van der Waals surface area contributed by atoms with Crippen molar-refractivity contribution < 1.29 is 8.98 Å². The molecule has 0 saturated heterocycles. The lowest BCUT2D eigenvalue weighted by Gasteiger charge is -2.42. The average molecular weight is 449 g/mol. The Morgan fingerprint density at radius 2 is 1.56 bits per heavy atom. The number of furan rings is 1. The van der Waals surface area contributed by atoms with Crippen LogP contribution in [0.1, 0.15) is 62.8 Å². The molecule has 0 saturated carbocycles. The van der Waals surface area contributed by atoms with E-state index in [9.17, 15) is 0 Å². The largest absolute Gasteiger partial charge is 0.455 e. The van der Waals surface area contributed by atoms with Crippen LogP contribution in [0.4, 0.5) is 0 Å². The van der Waals surface area contributed by atoms with Crippen LogP contribution in [0.3, 0.4) is 0 Å². The lowest BCUT2D eigenvalue weighted by atomic mass is 9.62. The SMILES string of the molecule is Cc1ccc(-c2c(C)ccc3c2oc2cc4c5c(ccc4cc23)C(C)(C)CCC5(C)C)[n+](C)c1. The monoisotopic (exact) mass is 448 g/mol. The van der Waals surface area contributed by atoms with E-state index in [0.717, 1.165) is 11.2 Å². The lowest BCUT2D eigenvalue weighted by Crippen LogP contribution is -2.34. The zero-order chi connectivity index (χ0) is 24.0. The predicted octanol–water partition coefficient (Wildman–Crippen LogP) is 8.20. The van der Waals surface area contributed by atoms with Crippen LogP contribution in [-0.2, 0) is 17.9 Å². The number of benzene rings is 3. The number of hydrogen-bond acceptors (Lipinski definition) is 1. The van der Waals surface area contributed by atoms with E-state index in [4.69, 9.17) is 4.42 Å². The third kappa shape index (κ3) is 2.97. The van der Waals surface area contributed by atoms with Gasteiger partial charge in [-0.05, 0) is 83.2 Å². The van der Waals surface area contributed by atoms with Crippen LogP contribution in [0, 0.1) is 13.8 Å². The van der Waals surface area contributed by atoms with Crippen molar-refractivity contribution in [2.45, 2.75) is 65.2 Å². The molecule has 3 aromatic carbocycles. The van der Waals surface area contributed by atoms with Crippen LogP contribution in [-0.4, -0.2) is 0 Å². The van der Waals surface area contributed by atoms with Gasteiger partial charge in [0.05, 0.1) is 5.56 Å².